The van der Waals surface area contributed by atoms with E-state index in [4.69, 9.17) is 18.9 Å². The zero-order valence-corrected chi connectivity index (χ0v) is 22.6. The van der Waals surface area contributed by atoms with Crippen molar-refractivity contribution in [2.24, 2.45) is 0 Å². The molecule has 6 heteroatoms. The van der Waals surface area contributed by atoms with E-state index in [-0.39, 0.29) is 6.61 Å². The van der Waals surface area contributed by atoms with Crippen molar-refractivity contribution in [3.8, 4) is 0 Å². The molecule has 1 aliphatic rings. The molecule has 5 rings (SSSR count). The predicted molar refractivity (Wildman–Crippen MR) is 153 cm³/mol. The first-order chi connectivity index (χ1) is 19.3. The van der Waals surface area contributed by atoms with Crippen LogP contribution < -0.4 is 0 Å². The minimum absolute atomic E-state index is 0.235. The molecule has 1 heterocycles. The second-order valence-corrected chi connectivity index (χ2v) is 10.7. The maximum atomic E-state index is 11.5. The fourth-order valence-corrected chi connectivity index (χ4v) is 5.67. The number of aliphatic hydroxyl groups is 1. The topological polar surface area (TPSA) is 57.2 Å². The lowest BCUT2D eigenvalue weighted by Crippen LogP contribution is -2.59. The molecular weight excluding hydrogens is 508 g/mol. The monoisotopic (exact) mass is 542 g/mol. The van der Waals surface area contributed by atoms with Gasteiger partial charge in [0.1, 0.15) is 29.9 Å². The zero-order chi connectivity index (χ0) is 26.7. The number of hydrogen-bond donors (Lipinski definition) is 1. The Morgan fingerprint density at radius 1 is 0.590 bits per heavy atom. The average molecular weight is 543 g/mol. The summed E-state index contributed by atoms with van der Waals surface area (Å²) in [6, 6.07) is 40.1. The van der Waals surface area contributed by atoms with Gasteiger partial charge in [0.15, 0.2) is 0 Å². The number of benzene rings is 4. The molecule has 0 radical (unpaired) electrons. The standard InChI is InChI=1S/C33H34O5S/c34-30-29(24-35-21-25-13-5-1-6-14-25)38-33(39-28-19-11-4-12-20-28)32(37-23-27-17-9-3-10-18-27)31(30)36-22-26-15-7-2-8-16-26/h1-20,29-34H,21-24H2/t29?,30-,31?,32?,33-/m0/s1. The molecule has 0 saturated carbocycles. The number of aliphatic hydroxyl groups excluding tert-OH is 1. The molecule has 1 saturated heterocycles. The second-order valence-electron chi connectivity index (χ2n) is 9.49. The molecule has 0 spiro atoms. The molecule has 1 fully saturated rings. The SMILES string of the molecule is O[C@H]1C(COCc2ccccc2)O[C@@H](Sc2ccccc2)C(OCc2ccccc2)C1OCc1ccccc1. The van der Waals surface area contributed by atoms with Gasteiger partial charge < -0.3 is 24.1 Å². The van der Waals surface area contributed by atoms with Crippen molar-refractivity contribution >= 4 is 11.8 Å². The lowest BCUT2D eigenvalue weighted by Gasteiger charge is -2.44. The summed E-state index contributed by atoms with van der Waals surface area (Å²) in [5.74, 6) is 0. The van der Waals surface area contributed by atoms with Crippen LogP contribution in [0.4, 0.5) is 0 Å². The third-order valence-corrected chi connectivity index (χ3v) is 7.73. The van der Waals surface area contributed by atoms with Gasteiger partial charge in [0.25, 0.3) is 0 Å². The van der Waals surface area contributed by atoms with Crippen LogP contribution in [0.5, 0.6) is 0 Å². The molecule has 0 bridgehead atoms. The van der Waals surface area contributed by atoms with Crippen LogP contribution in [0.25, 0.3) is 0 Å². The Balaban J connectivity index is 1.36. The van der Waals surface area contributed by atoms with Crippen LogP contribution in [-0.2, 0) is 38.8 Å². The number of thioether (sulfide) groups is 1. The van der Waals surface area contributed by atoms with Gasteiger partial charge in [-0.25, -0.2) is 0 Å². The van der Waals surface area contributed by atoms with Crippen LogP contribution in [0.1, 0.15) is 16.7 Å². The molecule has 5 atom stereocenters. The van der Waals surface area contributed by atoms with Crippen LogP contribution in [-0.4, -0.2) is 41.6 Å². The molecule has 0 aliphatic carbocycles. The first-order valence-corrected chi connectivity index (χ1v) is 14.1. The van der Waals surface area contributed by atoms with Crippen molar-refractivity contribution < 1.29 is 24.1 Å². The Labute approximate surface area is 234 Å². The number of rotatable bonds is 12. The second kappa shape index (κ2) is 14.4. The molecule has 4 aromatic rings. The van der Waals surface area contributed by atoms with E-state index in [2.05, 4.69) is 0 Å². The van der Waals surface area contributed by atoms with Gasteiger partial charge in [-0.15, -0.1) is 0 Å². The van der Waals surface area contributed by atoms with E-state index in [1.165, 1.54) is 0 Å². The average Bonchev–Trinajstić information content (AvgIpc) is 2.99. The van der Waals surface area contributed by atoms with Gasteiger partial charge in [-0.2, -0.15) is 0 Å². The smallest absolute Gasteiger partial charge is 0.137 e. The van der Waals surface area contributed by atoms with Crippen molar-refractivity contribution in [2.45, 2.75) is 54.6 Å². The highest BCUT2D eigenvalue weighted by atomic mass is 32.2. The van der Waals surface area contributed by atoms with Crippen molar-refractivity contribution in [3.63, 3.8) is 0 Å². The fraction of sp³-hybridized carbons (Fsp3) is 0.273. The Kier molecular flexibility index (Phi) is 10.2. The number of ether oxygens (including phenoxy) is 4. The quantitative estimate of drug-likeness (QED) is 0.228. The first-order valence-electron chi connectivity index (χ1n) is 13.2. The van der Waals surface area contributed by atoms with Crippen LogP contribution >= 0.6 is 11.8 Å². The van der Waals surface area contributed by atoms with Crippen molar-refractivity contribution in [1.82, 2.24) is 0 Å². The molecule has 0 amide bonds. The minimum Gasteiger partial charge on any atom is -0.387 e. The fourth-order valence-electron chi connectivity index (χ4n) is 4.52. The molecule has 0 aromatic heterocycles. The van der Waals surface area contributed by atoms with Crippen molar-refractivity contribution in [2.75, 3.05) is 6.61 Å². The molecule has 1 aliphatic heterocycles. The van der Waals surface area contributed by atoms with Gasteiger partial charge in [0.2, 0.25) is 0 Å². The molecule has 39 heavy (non-hydrogen) atoms. The Morgan fingerprint density at radius 2 is 1.05 bits per heavy atom. The predicted octanol–water partition coefficient (Wildman–Crippen LogP) is 6.25. The van der Waals surface area contributed by atoms with Gasteiger partial charge in [-0.1, -0.05) is 121 Å². The molecule has 5 nitrogen and oxygen atoms in total. The highest BCUT2D eigenvalue weighted by Gasteiger charge is 2.47. The van der Waals surface area contributed by atoms with Gasteiger partial charge in [0, 0.05) is 4.90 Å². The summed E-state index contributed by atoms with van der Waals surface area (Å²) >= 11 is 1.57. The van der Waals surface area contributed by atoms with Gasteiger partial charge >= 0.3 is 0 Å². The Morgan fingerprint density at radius 3 is 1.59 bits per heavy atom. The van der Waals surface area contributed by atoms with Crippen molar-refractivity contribution in [3.05, 3.63) is 138 Å². The van der Waals surface area contributed by atoms with E-state index < -0.39 is 29.9 Å². The third kappa shape index (κ3) is 8.02. The summed E-state index contributed by atoms with van der Waals surface area (Å²) in [5.41, 5.74) is 2.73. The first kappa shape index (κ1) is 27.6. The highest BCUT2D eigenvalue weighted by molar-refractivity contribution is 7.99. The van der Waals surface area contributed by atoms with E-state index in [1.54, 1.807) is 11.8 Å². The van der Waals surface area contributed by atoms with Gasteiger partial charge in [-0.05, 0) is 28.8 Å². The van der Waals surface area contributed by atoms with Crippen LogP contribution in [0, 0.1) is 0 Å². The minimum atomic E-state index is -0.933. The van der Waals surface area contributed by atoms with E-state index in [0.29, 0.717) is 19.8 Å². The third-order valence-electron chi connectivity index (χ3n) is 6.58. The largest absolute Gasteiger partial charge is 0.387 e. The van der Waals surface area contributed by atoms with E-state index in [9.17, 15) is 5.11 Å². The Hall–Kier alpha value is -2.97. The summed E-state index contributed by atoms with van der Waals surface area (Å²) < 4.78 is 25.4. The lowest BCUT2D eigenvalue weighted by molar-refractivity contribution is -0.240. The van der Waals surface area contributed by atoms with Crippen LogP contribution in [0.15, 0.2) is 126 Å². The Bertz CT molecular complexity index is 1230. The van der Waals surface area contributed by atoms with E-state index >= 15 is 0 Å². The highest BCUT2D eigenvalue weighted by Crippen LogP contribution is 2.37. The maximum absolute atomic E-state index is 11.5. The van der Waals surface area contributed by atoms with Crippen molar-refractivity contribution in [1.29, 1.82) is 0 Å². The summed E-state index contributed by atoms with van der Waals surface area (Å²) in [4.78, 5) is 1.05. The molecule has 202 valence electrons. The van der Waals surface area contributed by atoms with Gasteiger partial charge in [-0.3, -0.25) is 0 Å². The summed E-state index contributed by atoms with van der Waals surface area (Å²) in [7, 11) is 0. The summed E-state index contributed by atoms with van der Waals surface area (Å²) in [6.45, 7) is 1.41. The van der Waals surface area contributed by atoms with Gasteiger partial charge in [0.05, 0.1) is 26.4 Å². The van der Waals surface area contributed by atoms with E-state index in [1.807, 2.05) is 121 Å². The molecule has 1 N–H and O–H groups in total. The van der Waals surface area contributed by atoms with Crippen LogP contribution in [0.3, 0.4) is 0 Å². The zero-order valence-electron chi connectivity index (χ0n) is 21.8. The van der Waals surface area contributed by atoms with Crippen LogP contribution in [0.2, 0.25) is 0 Å². The molecular formula is C33H34O5S. The lowest BCUT2D eigenvalue weighted by atomic mass is 9.99. The molecule has 3 unspecified atom stereocenters. The normalized spacial score (nSPS) is 22.9. The molecule has 4 aromatic carbocycles. The maximum Gasteiger partial charge on any atom is 0.137 e. The number of hydrogen-bond acceptors (Lipinski definition) is 6. The summed E-state index contributed by atoms with van der Waals surface area (Å²) in [6.07, 6.45) is -2.64. The summed E-state index contributed by atoms with van der Waals surface area (Å²) in [5, 5.41) is 11.5. The van der Waals surface area contributed by atoms with E-state index in [0.717, 1.165) is 21.6 Å².